The topological polar surface area (TPSA) is 158 Å². The molecule has 1 saturated carbocycles. The number of aromatic amines is 2. The number of nitriles is 1. The van der Waals surface area contributed by atoms with Gasteiger partial charge in [0.25, 0.3) is 11.8 Å². The highest BCUT2D eigenvalue weighted by molar-refractivity contribution is 5.95. The zero-order valence-corrected chi connectivity index (χ0v) is 26.0. The number of hydrogen-bond donors (Lipinski definition) is 3. The lowest BCUT2D eigenvalue weighted by Crippen LogP contribution is -2.44. The second-order valence-electron chi connectivity index (χ2n) is 12.7. The van der Waals surface area contributed by atoms with Gasteiger partial charge < -0.3 is 20.0 Å². The number of carbonyl (C=O) groups is 3. The summed E-state index contributed by atoms with van der Waals surface area (Å²) >= 11 is 0. The van der Waals surface area contributed by atoms with Gasteiger partial charge in [0.1, 0.15) is 11.9 Å². The maximum absolute atomic E-state index is 13.2. The molecule has 2 heterocycles. The number of nitrogens with zero attached hydrogens (tertiary/aromatic N) is 5. The number of amides is 3. The molecule has 2 aromatic carbocycles. The average molecular weight is 611 g/mol. The van der Waals surface area contributed by atoms with E-state index in [9.17, 15) is 24.4 Å². The summed E-state index contributed by atoms with van der Waals surface area (Å²) in [4.78, 5) is 59.4. The van der Waals surface area contributed by atoms with Gasteiger partial charge in [-0.25, -0.2) is 9.89 Å². The summed E-state index contributed by atoms with van der Waals surface area (Å²) in [7, 11) is 6.85. The maximum atomic E-state index is 13.2. The number of rotatable bonds is 8. The van der Waals surface area contributed by atoms with Crippen LogP contribution in [0.5, 0.6) is 0 Å². The third-order valence-electron chi connectivity index (χ3n) is 9.50. The number of H-pyrrole nitrogens is 2. The molecule has 1 aliphatic heterocycles. The van der Waals surface area contributed by atoms with Crippen LogP contribution in [0.25, 0.3) is 0 Å². The summed E-state index contributed by atoms with van der Waals surface area (Å²) in [6.45, 7) is 0.469. The molecule has 12 heteroatoms. The molecule has 3 atom stereocenters. The number of likely N-dealkylation sites (tertiary alicyclic amines) is 1. The van der Waals surface area contributed by atoms with E-state index in [1.165, 1.54) is 9.80 Å². The van der Waals surface area contributed by atoms with Crippen LogP contribution in [0.4, 0.5) is 0 Å². The highest BCUT2D eigenvalue weighted by Gasteiger charge is 2.54. The third-order valence-corrected chi connectivity index (χ3v) is 9.50. The summed E-state index contributed by atoms with van der Waals surface area (Å²) in [5, 5.41) is 19.9. The molecule has 45 heavy (non-hydrogen) atoms. The number of carbonyl (C=O) groups excluding carboxylic acids is 3. The monoisotopic (exact) mass is 610 g/mol. The van der Waals surface area contributed by atoms with Gasteiger partial charge in [-0.1, -0.05) is 12.1 Å². The van der Waals surface area contributed by atoms with Crippen molar-refractivity contribution in [1.29, 1.82) is 5.26 Å². The second-order valence-corrected chi connectivity index (χ2v) is 12.7. The van der Waals surface area contributed by atoms with Crippen molar-refractivity contribution >= 4 is 17.7 Å². The van der Waals surface area contributed by atoms with Crippen LogP contribution in [0.2, 0.25) is 0 Å². The molecular weight excluding hydrogens is 572 g/mol. The van der Waals surface area contributed by atoms with Crippen molar-refractivity contribution in [3.63, 3.8) is 0 Å². The van der Waals surface area contributed by atoms with Gasteiger partial charge in [-0.05, 0) is 91.1 Å². The molecular formula is C33H38N8O4. The first kappa shape index (κ1) is 30.3. The number of piperidine rings is 1. The number of hydrogen-bond acceptors (Lipinski definition) is 7. The molecule has 1 unspecified atom stereocenters. The van der Waals surface area contributed by atoms with Gasteiger partial charge in [0.05, 0.1) is 18.0 Å². The van der Waals surface area contributed by atoms with E-state index in [1.54, 1.807) is 45.2 Å². The van der Waals surface area contributed by atoms with E-state index in [0.717, 1.165) is 35.1 Å². The van der Waals surface area contributed by atoms with Gasteiger partial charge in [0.15, 0.2) is 0 Å². The van der Waals surface area contributed by atoms with Crippen molar-refractivity contribution in [2.45, 2.75) is 49.6 Å². The first-order valence-electron chi connectivity index (χ1n) is 15.3. The molecule has 3 aliphatic rings. The van der Waals surface area contributed by atoms with Crippen molar-refractivity contribution in [1.82, 2.24) is 35.2 Å². The maximum Gasteiger partial charge on any atom is 0.340 e. The molecule has 0 spiro atoms. The van der Waals surface area contributed by atoms with Gasteiger partial charge in [-0.2, -0.15) is 10.4 Å². The summed E-state index contributed by atoms with van der Waals surface area (Å²) in [6, 6.07) is 13.4. The van der Waals surface area contributed by atoms with Crippen molar-refractivity contribution < 1.29 is 14.4 Å². The van der Waals surface area contributed by atoms with Crippen LogP contribution in [-0.2, 0) is 23.1 Å². The lowest BCUT2D eigenvalue weighted by molar-refractivity contribution is -0.131. The molecule has 3 aromatic rings. The van der Waals surface area contributed by atoms with Crippen molar-refractivity contribution in [3.8, 4) is 6.07 Å². The SMILES string of the molecule is CN(C)C(=O)c1ccc2c(c1)CCc1cc(C(=O)N(C)C)ccc1C2(CCNCC(=O)N1C(C#N)C[C@@H]2C[C@@H]21)c1n[nH]c(=O)[nH]1. The fourth-order valence-electron chi connectivity index (χ4n) is 7.24. The van der Waals surface area contributed by atoms with Crippen LogP contribution >= 0.6 is 0 Å². The molecule has 6 rings (SSSR count). The Morgan fingerprint density at radius 3 is 2.11 bits per heavy atom. The minimum atomic E-state index is -0.972. The van der Waals surface area contributed by atoms with Gasteiger partial charge in [-0.15, -0.1) is 0 Å². The molecule has 2 fully saturated rings. The number of nitrogens with one attached hydrogen (secondary N) is 3. The Morgan fingerprint density at radius 2 is 1.60 bits per heavy atom. The zero-order chi connectivity index (χ0) is 32.0. The summed E-state index contributed by atoms with van der Waals surface area (Å²) < 4.78 is 0. The Kier molecular flexibility index (Phi) is 7.82. The molecule has 234 valence electrons. The van der Waals surface area contributed by atoms with E-state index in [2.05, 4.69) is 26.6 Å². The Hall–Kier alpha value is -4.76. The lowest BCUT2D eigenvalue weighted by atomic mass is 9.69. The Morgan fingerprint density at radius 1 is 1.00 bits per heavy atom. The highest BCUT2D eigenvalue weighted by Crippen LogP contribution is 2.48. The molecule has 1 saturated heterocycles. The van der Waals surface area contributed by atoms with E-state index in [4.69, 9.17) is 0 Å². The predicted molar refractivity (Wildman–Crippen MR) is 166 cm³/mol. The normalized spacial score (nSPS) is 20.7. The quantitative estimate of drug-likeness (QED) is 0.326. The van der Waals surface area contributed by atoms with Crippen molar-refractivity contribution in [2.24, 2.45) is 5.92 Å². The fraction of sp³-hybridized carbons (Fsp3) is 0.455. The first-order chi connectivity index (χ1) is 21.5. The summed E-state index contributed by atoms with van der Waals surface area (Å²) in [5.74, 6) is 0.522. The van der Waals surface area contributed by atoms with Crippen molar-refractivity contribution in [3.05, 3.63) is 86.1 Å². The lowest BCUT2D eigenvalue weighted by Gasteiger charge is -2.35. The smallest absolute Gasteiger partial charge is 0.340 e. The molecule has 12 nitrogen and oxygen atoms in total. The van der Waals surface area contributed by atoms with Gasteiger partial charge in [-0.3, -0.25) is 19.4 Å². The zero-order valence-electron chi connectivity index (χ0n) is 26.0. The van der Waals surface area contributed by atoms with Crippen LogP contribution < -0.4 is 11.0 Å². The van der Waals surface area contributed by atoms with E-state index in [1.807, 2.05) is 24.3 Å². The second kappa shape index (κ2) is 11.6. The molecule has 0 bridgehead atoms. The molecule has 1 aromatic heterocycles. The number of aromatic nitrogens is 3. The standard InChI is InChI=1S/C33H38N8O4/c1-39(2)29(43)21-7-9-25-19(13-21)5-6-20-14-22(30(44)40(3)4)8-10-26(20)33(25,31-36-32(45)38-37-31)11-12-35-18-28(42)41-24(17-34)15-23-16-27(23)41/h7-10,13-14,23-24,27,35H,5-6,11-12,15-16,18H2,1-4H3,(H2,36,37,38,45)/t23-,24?,27+/m1/s1. The Bertz CT molecular complexity index is 1690. The van der Waals surface area contributed by atoms with Gasteiger partial charge >= 0.3 is 5.69 Å². The van der Waals surface area contributed by atoms with Crippen LogP contribution in [0.3, 0.4) is 0 Å². The third kappa shape index (κ3) is 5.31. The molecule has 2 aliphatic carbocycles. The van der Waals surface area contributed by atoms with E-state index < -0.39 is 11.1 Å². The summed E-state index contributed by atoms with van der Waals surface area (Å²) in [6.07, 6.45) is 3.32. The molecule has 3 N–H and O–H groups in total. The van der Waals surface area contributed by atoms with Crippen LogP contribution in [0.1, 0.15) is 68.1 Å². The fourth-order valence-corrected chi connectivity index (χ4v) is 7.24. The Balaban J connectivity index is 1.41. The first-order valence-corrected chi connectivity index (χ1v) is 15.3. The van der Waals surface area contributed by atoms with E-state index in [-0.39, 0.29) is 36.3 Å². The van der Waals surface area contributed by atoms with E-state index >= 15 is 0 Å². The molecule has 3 amide bonds. The minimum Gasteiger partial charge on any atom is -0.345 e. The average Bonchev–Trinajstić information content (AvgIpc) is 3.52. The molecule has 0 radical (unpaired) electrons. The highest BCUT2D eigenvalue weighted by atomic mass is 16.2. The number of fused-ring (bicyclic) bond motifs is 3. The van der Waals surface area contributed by atoms with Crippen LogP contribution in [-0.4, -0.2) is 101 Å². The summed E-state index contributed by atoms with van der Waals surface area (Å²) in [5.41, 5.74) is 3.35. The minimum absolute atomic E-state index is 0.0842. The largest absolute Gasteiger partial charge is 0.345 e. The number of aryl methyl sites for hydroxylation is 2. The van der Waals surface area contributed by atoms with Gasteiger partial charge in [0, 0.05) is 45.4 Å². The van der Waals surface area contributed by atoms with Crippen LogP contribution in [0.15, 0.2) is 41.2 Å². The van der Waals surface area contributed by atoms with E-state index in [0.29, 0.717) is 48.7 Å². The number of benzene rings is 2. The van der Waals surface area contributed by atoms with Crippen LogP contribution in [0, 0.1) is 17.2 Å². The predicted octanol–water partition coefficient (Wildman–Crippen LogP) is 1.43. The van der Waals surface area contributed by atoms with Gasteiger partial charge in [0.2, 0.25) is 5.91 Å². The van der Waals surface area contributed by atoms with Crippen molar-refractivity contribution in [2.75, 3.05) is 41.3 Å². The Labute approximate surface area is 261 Å².